The van der Waals surface area contributed by atoms with Gasteiger partial charge in [0.25, 0.3) is 0 Å². The van der Waals surface area contributed by atoms with E-state index in [9.17, 15) is 14.0 Å². The van der Waals surface area contributed by atoms with E-state index < -0.39 is 11.8 Å². The predicted molar refractivity (Wildman–Crippen MR) is 84.0 cm³/mol. The molecule has 0 atom stereocenters. The van der Waals surface area contributed by atoms with E-state index in [1.807, 2.05) is 0 Å². The molecule has 0 spiro atoms. The molecule has 1 aromatic rings. The second-order valence-electron chi connectivity index (χ2n) is 5.82. The number of aliphatic carboxylic acids is 1. The Hall–Kier alpha value is -2.11. The molecule has 2 rings (SSSR count). The van der Waals surface area contributed by atoms with Crippen LogP contribution in [0.3, 0.4) is 0 Å². The molecule has 0 heterocycles. The van der Waals surface area contributed by atoms with Gasteiger partial charge in [0.2, 0.25) is 5.91 Å². The number of rotatable bonds is 8. The number of nitrogens with one attached hydrogen (secondary N) is 1. The predicted octanol–water partition coefficient (Wildman–Crippen LogP) is 3.73. The van der Waals surface area contributed by atoms with Crippen LogP contribution in [0.5, 0.6) is 5.75 Å². The first kappa shape index (κ1) is 17.2. The Bertz CT molecular complexity index is 556. The van der Waals surface area contributed by atoms with E-state index in [0.29, 0.717) is 18.5 Å². The van der Waals surface area contributed by atoms with Crippen molar-refractivity contribution >= 4 is 17.6 Å². The summed E-state index contributed by atoms with van der Waals surface area (Å²) < 4.78 is 19.6. The number of unbranched alkanes of at least 4 members (excludes halogenated alkanes) is 1. The second kappa shape index (κ2) is 8.50. The smallest absolute Gasteiger partial charge is 0.303 e. The number of hydrogen-bond acceptors (Lipinski definition) is 3. The van der Waals surface area contributed by atoms with Crippen molar-refractivity contribution in [2.45, 2.75) is 57.5 Å². The lowest BCUT2D eigenvalue weighted by Gasteiger charge is -2.14. The molecule has 1 fully saturated rings. The highest BCUT2D eigenvalue weighted by Gasteiger charge is 2.18. The summed E-state index contributed by atoms with van der Waals surface area (Å²) in [5.41, 5.74) is 0.379. The molecule has 1 aliphatic carbocycles. The highest BCUT2D eigenvalue weighted by atomic mass is 19.1. The molecule has 5 nitrogen and oxygen atoms in total. The van der Waals surface area contributed by atoms with Gasteiger partial charge in [-0.15, -0.1) is 0 Å². The summed E-state index contributed by atoms with van der Waals surface area (Å²) in [6.07, 6.45) is 5.42. The number of amides is 1. The van der Waals surface area contributed by atoms with Crippen LogP contribution in [0.4, 0.5) is 10.1 Å². The van der Waals surface area contributed by atoms with E-state index in [2.05, 4.69) is 5.32 Å². The van der Waals surface area contributed by atoms with Crippen molar-refractivity contribution in [1.82, 2.24) is 0 Å². The van der Waals surface area contributed by atoms with Crippen LogP contribution >= 0.6 is 0 Å². The number of benzene rings is 1. The van der Waals surface area contributed by atoms with Crippen molar-refractivity contribution < 1.29 is 23.8 Å². The lowest BCUT2D eigenvalue weighted by atomic mass is 10.2. The van der Waals surface area contributed by atoms with Crippen molar-refractivity contribution in [3.8, 4) is 5.75 Å². The number of ether oxygens (including phenoxy) is 1. The Labute approximate surface area is 134 Å². The van der Waals surface area contributed by atoms with Crippen LogP contribution in [-0.2, 0) is 9.59 Å². The quantitative estimate of drug-likeness (QED) is 0.715. The standard InChI is InChI=1S/C17H22FNO4/c18-14-11-12(19-16(20)7-3-4-8-17(21)22)9-10-15(14)23-13-5-1-2-6-13/h9-11,13H,1-8H2,(H,19,20)(H,21,22). The number of carbonyl (C=O) groups excluding carboxylic acids is 1. The van der Waals surface area contributed by atoms with E-state index in [0.717, 1.165) is 25.7 Å². The molecule has 0 bridgehead atoms. The van der Waals surface area contributed by atoms with Crippen molar-refractivity contribution in [2.75, 3.05) is 5.32 Å². The first-order valence-electron chi connectivity index (χ1n) is 8.02. The Morgan fingerprint density at radius 1 is 1.22 bits per heavy atom. The molecule has 1 aliphatic rings. The van der Waals surface area contributed by atoms with E-state index >= 15 is 0 Å². The number of carbonyl (C=O) groups is 2. The molecule has 1 amide bonds. The van der Waals surface area contributed by atoms with Gasteiger partial charge in [0.1, 0.15) is 0 Å². The lowest BCUT2D eigenvalue weighted by Crippen LogP contribution is -2.13. The van der Waals surface area contributed by atoms with E-state index in [4.69, 9.17) is 9.84 Å². The number of hydrogen-bond donors (Lipinski definition) is 2. The summed E-state index contributed by atoms with van der Waals surface area (Å²) >= 11 is 0. The van der Waals surface area contributed by atoms with Gasteiger partial charge in [-0.1, -0.05) is 0 Å². The Morgan fingerprint density at radius 2 is 1.91 bits per heavy atom. The molecule has 0 aromatic heterocycles. The topological polar surface area (TPSA) is 75.6 Å². The zero-order valence-electron chi connectivity index (χ0n) is 13.0. The third kappa shape index (κ3) is 5.88. The maximum atomic E-state index is 14.0. The second-order valence-corrected chi connectivity index (χ2v) is 5.82. The first-order chi connectivity index (χ1) is 11.0. The molecule has 0 saturated heterocycles. The summed E-state index contributed by atoms with van der Waals surface area (Å²) in [7, 11) is 0. The Balaban J connectivity index is 1.79. The van der Waals surface area contributed by atoms with Crippen LogP contribution in [-0.4, -0.2) is 23.1 Å². The van der Waals surface area contributed by atoms with Gasteiger partial charge in [-0.25, -0.2) is 4.39 Å². The van der Waals surface area contributed by atoms with Crippen LogP contribution < -0.4 is 10.1 Å². The van der Waals surface area contributed by atoms with Crippen LogP contribution in [0.1, 0.15) is 51.4 Å². The number of anilines is 1. The first-order valence-corrected chi connectivity index (χ1v) is 8.02. The van der Waals surface area contributed by atoms with Gasteiger partial charge in [-0.2, -0.15) is 0 Å². The molecule has 2 N–H and O–H groups in total. The van der Waals surface area contributed by atoms with Crippen molar-refractivity contribution in [3.05, 3.63) is 24.0 Å². The molecular weight excluding hydrogens is 301 g/mol. The minimum Gasteiger partial charge on any atom is -0.487 e. The van der Waals surface area contributed by atoms with Crippen LogP contribution in [0.2, 0.25) is 0 Å². The molecule has 1 saturated carbocycles. The van der Waals surface area contributed by atoms with E-state index in [1.165, 1.54) is 12.1 Å². The van der Waals surface area contributed by atoms with Crippen molar-refractivity contribution in [2.24, 2.45) is 0 Å². The fourth-order valence-corrected chi connectivity index (χ4v) is 2.65. The molecule has 126 valence electrons. The minimum absolute atomic E-state index is 0.0507. The highest BCUT2D eigenvalue weighted by molar-refractivity contribution is 5.90. The molecule has 23 heavy (non-hydrogen) atoms. The monoisotopic (exact) mass is 323 g/mol. The molecule has 6 heteroatoms. The summed E-state index contributed by atoms with van der Waals surface area (Å²) in [4.78, 5) is 22.1. The zero-order valence-corrected chi connectivity index (χ0v) is 13.0. The molecular formula is C17H22FNO4. The van der Waals surface area contributed by atoms with E-state index in [-0.39, 0.29) is 30.6 Å². The fourth-order valence-electron chi connectivity index (χ4n) is 2.65. The van der Waals surface area contributed by atoms with Crippen molar-refractivity contribution in [1.29, 1.82) is 0 Å². The van der Waals surface area contributed by atoms with E-state index in [1.54, 1.807) is 6.07 Å². The number of halogens is 1. The van der Waals surface area contributed by atoms with Crippen LogP contribution in [0.25, 0.3) is 0 Å². The largest absolute Gasteiger partial charge is 0.487 e. The number of carboxylic acids is 1. The average Bonchev–Trinajstić information content (AvgIpc) is 2.99. The number of carboxylic acid groups (broad SMARTS) is 1. The van der Waals surface area contributed by atoms with Crippen LogP contribution in [0, 0.1) is 5.82 Å². The normalized spacial score (nSPS) is 14.7. The molecule has 0 aliphatic heterocycles. The zero-order chi connectivity index (χ0) is 16.7. The summed E-state index contributed by atoms with van der Waals surface area (Å²) in [5, 5.41) is 11.1. The van der Waals surface area contributed by atoms with Crippen LogP contribution in [0.15, 0.2) is 18.2 Å². The SMILES string of the molecule is O=C(O)CCCCC(=O)Nc1ccc(OC2CCCC2)c(F)c1. The molecule has 1 aromatic carbocycles. The molecule has 0 radical (unpaired) electrons. The Kier molecular flexibility index (Phi) is 6.38. The Morgan fingerprint density at radius 3 is 2.57 bits per heavy atom. The van der Waals surface area contributed by atoms with Gasteiger partial charge in [0.15, 0.2) is 11.6 Å². The third-order valence-corrected chi connectivity index (χ3v) is 3.86. The van der Waals surface area contributed by atoms with Gasteiger partial charge in [-0.3, -0.25) is 9.59 Å². The van der Waals surface area contributed by atoms with Gasteiger partial charge < -0.3 is 15.2 Å². The van der Waals surface area contributed by atoms with Gasteiger partial charge in [-0.05, 0) is 50.7 Å². The minimum atomic E-state index is -0.870. The van der Waals surface area contributed by atoms with Gasteiger partial charge in [0.05, 0.1) is 6.10 Å². The summed E-state index contributed by atoms with van der Waals surface area (Å²) in [6.45, 7) is 0. The highest BCUT2D eigenvalue weighted by Crippen LogP contribution is 2.27. The lowest BCUT2D eigenvalue weighted by molar-refractivity contribution is -0.137. The van der Waals surface area contributed by atoms with Crippen molar-refractivity contribution in [3.63, 3.8) is 0 Å². The van der Waals surface area contributed by atoms with Gasteiger partial charge in [0, 0.05) is 24.6 Å². The summed E-state index contributed by atoms with van der Waals surface area (Å²) in [5.74, 6) is -1.39. The third-order valence-electron chi connectivity index (χ3n) is 3.86. The maximum Gasteiger partial charge on any atom is 0.303 e. The summed E-state index contributed by atoms with van der Waals surface area (Å²) in [6, 6.07) is 4.40. The molecule has 0 unspecified atom stereocenters. The average molecular weight is 323 g/mol. The fraction of sp³-hybridized carbons (Fsp3) is 0.529. The van der Waals surface area contributed by atoms with Gasteiger partial charge >= 0.3 is 5.97 Å². The maximum absolute atomic E-state index is 14.0.